The van der Waals surface area contributed by atoms with E-state index in [1.165, 1.54) is 11.3 Å². The van der Waals surface area contributed by atoms with Gasteiger partial charge < -0.3 is 10.4 Å². The van der Waals surface area contributed by atoms with Gasteiger partial charge in [0, 0.05) is 6.54 Å². The lowest BCUT2D eigenvalue weighted by atomic mass is 10.3. The summed E-state index contributed by atoms with van der Waals surface area (Å²) < 4.78 is 22.8. The molecule has 1 amide bonds. The van der Waals surface area contributed by atoms with Gasteiger partial charge in [0.2, 0.25) is 0 Å². The molecule has 0 bridgehead atoms. The molecule has 0 radical (unpaired) electrons. The number of aliphatic hydroxyl groups is 1. The second-order valence-electron chi connectivity index (χ2n) is 3.16. The smallest absolute Gasteiger partial charge is 0.301 e. The number of hydrogen-bond acceptors (Lipinski definition) is 6. The maximum atomic E-state index is 11.6. The van der Waals surface area contributed by atoms with Gasteiger partial charge in [0.25, 0.3) is 5.91 Å². The first-order chi connectivity index (χ1) is 8.52. The molecule has 0 aliphatic carbocycles. The molecular weight excluding hydrogens is 280 g/mol. The molecule has 1 aromatic rings. The Hall–Kier alpha value is -1.13. The van der Waals surface area contributed by atoms with Crippen molar-refractivity contribution in [3.05, 3.63) is 17.0 Å². The van der Waals surface area contributed by atoms with Crippen molar-refractivity contribution in [2.24, 2.45) is 4.99 Å². The third kappa shape index (κ3) is 5.02. The molecule has 18 heavy (non-hydrogen) atoms. The number of nitrogens with one attached hydrogen (secondary N) is 1. The van der Waals surface area contributed by atoms with Crippen molar-refractivity contribution in [2.45, 2.75) is 6.10 Å². The normalized spacial score (nSPS) is 13.9. The lowest BCUT2D eigenvalue weighted by Crippen LogP contribution is -2.34. The summed E-state index contributed by atoms with van der Waals surface area (Å²) in [4.78, 5) is 15.7. The second-order valence-corrected chi connectivity index (χ2v) is 4.89. The minimum atomic E-state index is -2.42. The number of thiophene rings is 1. The number of hydrogen-bond donors (Lipinski definition) is 3. The fourth-order valence-corrected chi connectivity index (χ4v) is 2.03. The third-order valence-electron chi connectivity index (χ3n) is 1.83. The quantitative estimate of drug-likeness (QED) is 0.495. The van der Waals surface area contributed by atoms with Crippen molar-refractivity contribution >= 4 is 40.3 Å². The average molecular weight is 292 g/mol. The lowest BCUT2D eigenvalue weighted by Gasteiger charge is -2.09. The first-order valence-corrected chi connectivity index (χ1v) is 6.64. The van der Waals surface area contributed by atoms with Crippen LogP contribution in [-0.4, -0.2) is 45.7 Å². The molecule has 9 heteroatoms. The van der Waals surface area contributed by atoms with Crippen LogP contribution in [0.1, 0.15) is 9.67 Å². The molecule has 0 aliphatic rings. The number of carbonyl (C=O) groups is 1. The Morgan fingerprint density at radius 1 is 1.67 bits per heavy atom. The fourth-order valence-electron chi connectivity index (χ4n) is 1.03. The largest absolute Gasteiger partial charge is 0.389 e. The molecule has 1 heterocycles. The number of carbonyl (C=O) groups excluding carboxylic acids is 1. The highest BCUT2D eigenvalue weighted by Gasteiger charge is 2.12. The monoisotopic (exact) mass is 292 g/mol. The second kappa shape index (κ2) is 7.34. The summed E-state index contributed by atoms with van der Waals surface area (Å²) in [5.41, 5.74) is 0. The van der Waals surface area contributed by atoms with Crippen LogP contribution in [0.5, 0.6) is 0 Å². The Kier molecular flexibility index (Phi) is 6.09. The third-order valence-corrected chi connectivity index (χ3v) is 3.18. The van der Waals surface area contributed by atoms with Gasteiger partial charge in [-0.2, -0.15) is 4.21 Å². The van der Waals surface area contributed by atoms with Gasteiger partial charge in [-0.05, 0) is 18.9 Å². The van der Waals surface area contributed by atoms with Crippen LogP contribution in [0.3, 0.4) is 0 Å². The molecule has 0 aromatic carbocycles. The van der Waals surface area contributed by atoms with Crippen molar-refractivity contribution in [2.75, 3.05) is 13.2 Å². The van der Waals surface area contributed by atoms with Crippen molar-refractivity contribution in [3.63, 3.8) is 0 Å². The van der Waals surface area contributed by atoms with Gasteiger partial charge in [-0.1, -0.05) is 0 Å². The molecule has 0 fully saturated rings. The molecule has 0 saturated carbocycles. The Labute approximate surface area is 110 Å². The van der Waals surface area contributed by atoms with Gasteiger partial charge in [-0.3, -0.25) is 18.5 Å². The Balaban J connectivity index is 2.36. The molecule has 0 spiro atoms. The topological polar surface area (TPSA) is 108 Å². The number of nitrogens with zero attached hydrogens (tertiary/aromatic N) is 1. The van der Waals surface area contributed by atoms with Crippen molar-refractivity contribution in [3.8, 4) is 0 Å². The summed E-state index contributed by atoms with van der Waals surface area (Å²) in [6.45, 7) is 2.92. The van der Waals surface area contributed by atoms with E-state index in [1.54, 1.807) is 12.1 Å². The zero-order chi connectivity index (χ0) is 13.5. The van der Waals surface area contributed by atoms with Crippen LogP contribution in [0.15, 0.2) is 17.1 Å². The van der Waals surface area contributed by atoms with Gasteiger partial charge in [-0.15, -0.1) is 11.3 Å². The molecule has 7 nitrogen and oxygen atoms in total. The average Bonchev–Trinajstić information content (AvgIpc) is 2.82. The van der Waals surface area contributed by atoms with E-state index in [2.05, 4.69) is 21.2 Å². The molecular formula is C9H12N2O5S2. The first kappa shape index (κ1) is 14.9. The molecule has 3 N–H and O–H groups in total. The SMILES string of the molecule is C=Nc1ccc(C(=O)NCC(O)COS(=O)O)s1. The van der Waals surface area contributed by atoms with Crippen molar-refractivity contribution in [1.29, 1.82) is 0 Å². The van der Waals surface area contributed by atoms with E-state index < -0.39 is 17.5 Å². The zero-order valence-electron chi connectivity index (χ0n) is 9.24. The van der Waals surface area contributed by atoms with Gasteiger partial charge >= 0.3 is 11.4 Å². The van der Waals surface area contributed by atoms with Crippen LogP contribution in [-0.2, 0) is 15.5 Å². The summed E-state index contributed by atoms with van der Waals surface area (Å²) in [6.07, 6.45) is -1.05. The van der Waals surface area contributed by atoms with Gasteiger partial charge in [0.1, 0.15) is 5.00 Å². The molecule has 1 rings (SSSR count). The molecule has 2 unspecified atom stereocenters. The van der Waals surface area contributed by atoms with Crippen LogP contribution in [0.25, 0.3) is 0 Å². The summed E-state index contributed by atoms with van der Waals surface area (Å²) in [6, 6.07) is 3.25. The van der Waals surface area contributed by atoms with E-state index in [4.69, 9.17) is 4.55 Å². The van der Waals surface area contributed by atoms with E-state index in [1.807, 2.05) is 0 Å². The number of rotatable bonds is 7. The van der Waals surface area contributed by atoms with E-state index in [0.717, 1.165) is 0 Å². The zero-order valence-corrected chi connectivity index (χ0v) is 10.9. The van der Waals surface area contributed by atoms with E-state index in [9.17, 15) is 14.1 Å². The van der Waals surface area contributed by atoms with Crippen LogP contribution < -0.4 is 5.32 Å². The highest BCUT2D eigenvalue weighted by Crippen LogP contribution is 2.23. The minimum absolute atomic E-state index is 0.0786. The van der Waals surface area contributed by atoms with Gasteiger partial charge in [0.05, 0.1) is 17.6 Å². The first-order valence-electron chi connectivity index (χ1n) is 4.80. The maximum absolute atomic E-state index is 11.6. The van der Waals surface area contributed by atoms with Crippen LogP contribution in [0.4, 0.5) is 5.00 Å². The summed E-state index contributed by atoms with van der Waals surface area (Å²) in [7, 11) is 0. The predicted octanol–water partition coefficient (Wildman–Crippen LogP) is 0.324. The highest BCUT2D eigenvalue weighted by molar-refractivity contribution is 7.74. The molecule has 0 aliphatic heterocycles. The number of amides is 1. The summed E-state index contributed by atoms with van der Waals surface area (Å²) in [5.74, 6) is -0.362. The van der Waals surface area contributed by atoms with E-state index in [-0.39, 0.29) is 19.1 Å². The standard InChI is InChI=1S/C9H12N2O5S2/c1-10-8-3-2-7(17-8)9(13)11-4-6(12)5-16-18(14)15/h2-3,6,12H,1,4-5H2,(H,11,13)(H,14,15). The minimum Gasteiger partial charge on any atom is -0.389 e. The van der Waals surface area contributed by atoms with Gasteiger partial charge in [-0.25, -0.2) is 0 Å². The number of aliphatic imine (C=N–C) groups is 1. The van der Waals surface area contributed by atoms with Gasteiger partial charge in [0.15, 0.2) is 0 Å². The van der Waals surface area contributed by atoms with E-state index in [0.29, 0.717) is 9.88 Å². The van der Waals surface area contributed by atoms with Crippen LogP contribution >= 0.6 is 11.3 Å². The molecule has 1 aromatic heterocycles. The molecule has 100 valence electrons. The molecule has 0 saturated heterocycles. The predicted molar refractivity (Wildman–Crippen MR) is 68.6 cm³/mol. The summed E-state index contributed by atoms with van der Waals surface area (Å²) >= 11 is -1.26. The Bertz CT molecular complexity index is 448. The Morgan fingerprint density at radius 2 is 2.39 bits per heavy atom. The van der Waals surface area contributed by atoms with E-state index >= 15 is 0 Å². The van der Waals surface area contributed by atoms with Crippen molar-refractivity contribution < 1.29 is 22.8 Å². The maximum Gasteiger partial charge on any atom is 0.301 e. The number of aliphatic hydroxyl groups excluding tert-OH is 1. The Morgan fingerprint density at radius 3 is 2.94 bits per heavy atom. The van der Waals surface area contributed by atoms with Crippen molar-refractivity contribution in [1.82, 2.24) is 5.32 Å². The summed E-state index contributed by atoms with van der Waals surface area (Å²) in [5, 5.41) is 12.4. The fraction of sp³-hybridized carbons (Fsp3) is 0.333. The molecule has 2 atom stereocenters. The lowest BCUT2D eigenvalue weighted by molar-refractivity contribution is 0.0853. The van der Waals surface area contributed by atoms with Crippen LogP contribution in [0, 0.1) is 0 Å². The van der Waals surface area contributed by atoms with Crippen LogP contribution in [0.2, 0.25) is 0 Å². The highest BCUT2D eigenvalue weighted by atomic mass is 32.2.